The second-order valence-corrected chi connectivity index (χ2v) is 3.92. The summed E-state index contributed by atoms with van der Waals surface area (Å²) in [4.78, 5) is 0. The zero-order valence-corrected chi connectivity index (χ0v) is 7.96. The van der Waals surface area contributed by atoms with Crippen molar-refractivity contribution in [3.05, 3.63) is 29.1 Å². The van der Waals surface area contributed by atoms with Crippen LogP contribution in [-0.2, 0) is 0 Å². The van der Waals surface area contributed by atoms with Crippen LogP contribution in [0.3, 0.4) is 0 Å². The van der Waals surface area contributed by atoms with Crippen LogP contribution < -0.4 is 10.1 Å². The van der Waals surface area contributed by atoms with Crippen molar-refractivity contribution in [2.75, 3.05) is 6.54 Å². The highest BCUT2D eigenvalue weighted by atomic mass is 19.1. The smallest absolute Gasteiger partial charge is 0.142 e. The normalized spacial score (nSPS) is 26.7. The zero-order chi connectivity index (χ0) is 10.4. The molecule has 2 bridgehead atoms. The molecule has 2 atom stereocenters. The number of fused-ring (bicyclic) bond motifs is 4. The predicted octanol–water partition coefficient (Wildman–Crippen LogP) is 1.49. The first-order valence-electron chi connectivity index (χ1n) is 4.91. The predicted molar refractivity (Wildman–Crippen MR) is 50.9 cm³/mol. The largest absolute Gasteiger partial charge is 0.487 e. The summed E-state index contributed by atoms with van der Waals surface area (Å²) in [7, 11) is 0. The molecule has 2 heterocycles. The molecule has 2 aliphatic heterocycles. The topological polar surface area (TPSA) is 45.0 Å². The minimum Gasteiger partial charge on any atom is -0.487 e. The standard InChI is InChI=1S/C11H9FN2O/c12-7-1-6(4-13)11-9(2-7)10-3-8(15-11)5-14-10/h1-2,8,10,14H,3,5H2/t8-,10-/m0/s1. The molecule has 3 rings (SSSR count). The minimum atomic E-state index is -0.374. The number of halogens is 1. The first kappa shape index (κ1) is 8.69. The Morgan fingerprint density at radius 3 is 3.20 bits per heavy atom. The van der Waals surface area contributed by atoms with E-state index >= 15 is 0 Å². The van der Waals surface area contributed by atoms with Gasteiger partial charge in [-0.2, -0.15) is 5.26 Å². The fraction of sp³-hybridized carbons (Fsp3) is 0.364. The first-order chi connectivity index (χ1) is 7.28. The molecule has 0 saturated carbocycles. The molecular formula is C11H9FN2O. The Hall–Kier alpha value is -1.60. The van der Waals surface area contributed by atoms with E-state index in [-0.39, 0.29) is 18.0 Å². The summed E-state index contributed by atoms with van der Waals surface area (Å²) in [6.07, 6.45) is 0.987. The Balaban J connectivity index is 2.21. The van der Waals surface area contributed by atoms with E-state index in [9.17, 15) is 4.39 Å². The maximum atomic E-state index is 13.2. The molecule has 15 heavy (non-hydrogen) atoms. The lowest BCUT2D eigenvalue weighted by Crippen LogP contribution is -2.20. The van der Waals surface area contributed by atoms with Crippen LogP contribution >= 0.6 is 0 Å². The van der Waals surface area contributed by atoms with Gasteiger partial charge in [-0.15, -0.1) is 0 Å². The fourth-order valence-corrected chi connectivity index (χ4v) is 2.28. The van der Waals surface area contributed by atoms with Gasteiger partial charge >= 0.3 is 0 Å². The lowest BCUT2D eigenvalue weighted by Gasteiger charge is -2.23. The van der Waals surface area contributed by atoms with Crippen LogP contribution in [-0.4, -0.2) is 12.6 Å². The van der Waals surface area contributed by atoms with Gasteiger partial charge in [0.25, 0.3) is 0 Å². The van der Waals surface area contributed by atoms with Gasteiger partial charge < -0.3 is 10.1 Å². The second kappa shape index (κ2) is 2.94. The van der Waals surface area contributed by atoms with E-state index in [0.717, 1.165) is 18.5 Å². The van der Waals surface area contributed by atoms with Gasteiger partial charge in [0.05, 0.1) is 5.56 Å². The molecule has 1 aromatic carbocycles. The van der Waals surface area contributed by atoms with Crippen molar-refractivity contribution in [2.24, 2.45) is 0 Å². The quantitative estimate of drug-likeness (QED) is 0.696. The molecular weight excluding hydrogens is 195 g/mol. The summed E-state index contributed by atoms with van der Waals surface area (Å²) in [6.45, 7) is 0.770. The molecule has 0 radical (unpaired) electrons. The molecule has 0 unspecified atom stereocenters. The molecule has 0 aromatic heterocycles. The van der Waals surface area contributed by atoms with Crippen molar-refractivity contribution in [1.82, 2.24) is 5.32 Å². The van der Waals surface area contributed by atoms with E-state index in [1.807, 2.05) is 6.07 Å². The van der Waals surface area contributed by atoms with Gasteiger partial charge in [-0.25, -0.2) is 4.39 Å². The highest BCUT2D eigenvalue weighted by molar-refractivity contribution is 5.51. The number of ether oxygens (including phenoxy) is 1. The van der Waals surface area contributed by atoms with Gasteiger partial charge in [0.2, 0.25) is 0 Å². The van der Waals surface area contributed by atoms with Crippen molar-refractivity contribution in [3.63, 3.8) is 0 Å². The van der Waals surface area contributed by atoms with Crippen LogP contribution in [0.4, 0.5) is 4.39 Å². The molecule has 2 aliphatic rings. The highest BCUT2D eigenvalue weighted by Gasteiger charge is 2.35. The maximum absolute atomic E-state index is 13.2. The van der Waals surface area contributed by atoms with Crippen molar-refractivity contribution < 1.29 is 9.13 Å². The number of nitrogens with one attached hydrogen (secondary N) is 1. The van der Waals surface area contributed by atoms with Crippen molar-refractivity contribution in [1.29, 1.82) is 5.26 Å². The average Bonchev–Trinajstić information content (AvgIpc) is 2.62. The Morgan fingerprint density at radius 1 is 1.53 bits per heavy atom. The molecule has 76 valence electrons. The van der Waals surface area contributed by atoms with Gasteiger partial charge in [-0.1, -0.05) is 0 Å². The Morgan fingerprint density at radius 2 is 2.40 bits per heavy atom. The van der Waals surface area contributed by atoms with E-state index in [4.69, 9.17) is 10.00 Å². The van der Waals surface area contributed by atoms with Gasteiger partial charge in [0.1, 0.15) is 23.7 Å². The zero-order valence-electron chi connectivity index (χ0n) is 7.96. The number of hydrogen-bond acceptors (Lipinski definition) is 3. The molecule has 1 fully saturated rings. The van der Waals surface area contributed by atoms with Crippen molar-refractivity contribution in [2.45, 2.75) is 18.6 Å². The fourth-order valence-electron chi connectivity index (χ4n) is 2.28. The van der Waals surface area contributed by atoms with Crippen molar-refractivity contribution in [3.8, 4) is 11.8 Å². The van der Waals surface area contributed by atoms with Crippen LogP contribution in [0.5, 0.6) is 5.75 Å². The Bertz CT molecular complexity index is 466. The molecule has 1 aromatic rings. The van der Waals surface area contributed by atoms with E-state index in [1.54, 1.807) is 0 Å². The molecule has 0 spiro atoms. The van der Waals surface area contributed by atoms with Crippen LogP contribution in [0, 0.1) is 17.1 Å². The molecule has 3 nitrogen and oxygen atoms in total. The monoisotopic (exact) mass is 204 g/mol. The van der Waals surface area contributed by atoms with E-state index < -0.39 is 0 Å². The highest BCUT2D eigenvalue weighted by Crippen LogP contribution is 2.40. The molecule has 0 amide bonds. The Kier molecular flexibility index (Phi) is 1.70. The van der Waals surface area contributed by atoms with Crippen LogP contribution in [0.2, 0.25) is 0 Å². The SMILES string of the molecule is N#Cc1cc(F)cc2c1O[C@@H]1CN[C@H]2C1. The van der Waals surface area contributed by atoms with Gasteiger partial charge in [0, 0.05) is 24.6 Å². The lowest BCUT2D eigenvalue weighted by molar-refractivity contribution is 0.203. The third kappa shape index (κ3) is 1.20. The third-order valence-electron chi connectivity index (χ3n) is 2.95. The van der Waals surface area contributed by atoms with E-state index in [0.29, 0.717) is 11.3 Å². The maximum Gasteiger partial charge on any atom is 0.142 e. The van der Waals surface area contributed by atoms with Gasteiger partial charge in [-0.05, 0) is 12.1 Å². The lowest BCUT2D eigenvalue weighted by atomic mass is 9.98. The number of rotatable bonds is 0. The summed E-state index contributed by atoms with van der Waals surface area (Å²) in [5, 5.41) is 12.1. The third-order valence-corrected chi connectivity index (χ3v) is 2.95. The summed E-state index contributed by atoms with van der Waals surface area (Å²) in [6, 6.07) is 4.79. The second-order valence-electron chi connectivity index (χ2n) is 3.92. The number of nitrogens with zero attached hydrogens (tertiary/aromatic N) is 1. The van der Waals surface area contributed by atoms with E-state index in [2.05, 4.69) is 5.32 Å². The number of nitriles is 1. The van der Waals surface area contributed by atoms with E-state index in [1.165, 1.54) is 12.1 Å². The number of benzene rings is 1. The van der Waals surface area contributed by atoms with Crippen molar-refractivity contribution >= 4 is 0 Å². The summed E-state index contributed by atoms with van der Waals surface area (Å²) >= 11 is 0. The minimum absolute atomic E-state index is 0.125. The molecule has 4 heteroatoms. The van der Waals surface area contributed by atoms with Crippen LogP contribution in [0.1, 0.15) is 23.6 Å². The summed E-state index contributed by atoms with van der Waals surface area (Å²) in [5.41, 5.74) is 1.07. The summed E-state index contributed by atoms with van der Waals surface area (Å²) < 4.78 is 18.9. The van der Waals surface area contributed by atoms with Crippen LogP contribution in [0.15, 0.2) is 12.1 Å². The summed E-state index contributed by atoms with van der Waals surface area (Å²) in [5.74, 6) is 0.186. The molecule has 0 aliphatic carbocycles. The van der Waals surface area contributed by atoms with Gasteiger partial charge in [0.15, 0.2) is 0 Å². The Labute approximate surface area is 86.5 Å². The molecule has 1 N–H and O–H groups in total. The average molecular weight is 204 g/mol. The van der Waals surface area contributed by atoms with Gasteiger partial charge in [-0.3, -0.25) is 0 Å². The number of hydrogen-bond donors (Lipinski definition) is 1. The van der Waals surface area contributed by atoms with Crippen LogP contribution in [0.25, 0.3) is 0 Å². The molecule has 1 saturated heterocycles. The first-order valence-corrected chi connectivity index (χ1v) is 4.91.